The number of halogens is 1. The average molecular weight is 411 g/mol. The van der Waals surface area contributed by atoms with Crippen molar-refractivity contribution in [3.05, 3.63) is 35.4 Å². The average Bonchev–Trinajstić information content (AvgIpc) is 2.90. The third kappa shape index (κ3) is 6.20. The smallest absolute Gasteiger partial charge is 0.303 e. The van der Waals surface area contributed by atoms with Gasteiger partial charge in [-0.2, -0.15) is 0 Å². The number of aliphatic hydroxyl groups excluding tert-OH is 2. The van der Waals surface area contributed by atoms with Crippen LogP contribution in [0.15, 0.2) is 24.3 Å². The van der Waals surface area contributed by atoms with Crippen molar-refractivity contribution in [2.24, 2.45) is 11.3 Å². The van der Waals surface area contributed by atoms with Gasteiger partial charge in [0.25, 0.3) is 0 Å². The Kier molecular flexibility index (Phi) is 8.35. The van der Waals surface area contributed by atoms with Crippen molar-refractivity contribution < 1.29 is 20.1 Å². The summed E-state index contributed by atoms with van der Waals surface area (Å²) < 4.78 is 0. The van der Waals surface area contributed by atoms with Crippen molar-refractivity contribution in [1.82, 2.24) is 0 Å². The van der Waals surface area contributed by atoms with Crippen molar-refractivity contribution in [1.29, 1.82) is 0 Å². The molecule has 1 fully saturated rings. The van der Waals surface area contributed by atoms with E-state index in [2.05, 4.69) is 0 Å². The SMILES string of the molecule is CC(C)(C)C(O)c1ccc(C2C(O)CC(Cl)C2CCCCCCC(=O)O)cc1. The largest absolute Gasteiger partial charge is 0.481 e. The van der Waals surface area contributed by atoms with Gasteiger partial charge in [0, 0.05) is 17.7 Å². The number of aliphatic carboxylic acids is 1. The summed E-state index contributed by atoms with van der Waals surface area (Å²) in [6, 6.07) is 7.96. The van der Waals surface area contributed by atoms with Gasteiger partial charge in [-0.25, -0.2) is 0 Å². The zero-order valence-electron chi connectivity index (χ0n) is 17.3. The Morgan fingerprint density at radius 2 is 1.75 bits per heavy atom. The number of carboxylic acid groups (broad SMARTS) is 1. The van der Waals surface area contributed by atoms with Crippen LogP contribution in [0.4, 0.5) is 0 Å². The van der Waals surface area contributed by atoms with Gasteiger partial charge >= 0.3 is 5.97 Å². The molecule has 0 radical (unpaired) electrons. The van der Waals surface area contributed by atoms with Crippen molar-refractivity contribution >= 4 is 17.6 Å². The normalized spacial score (nSPS) is 26.4. The standard InChI is InChI=1S/C23H35ClO4/c1-23(2,3)22(28)16-12-10-15(11-13-16)21-17(18(24)14-19(21)25)8-6-4-5-7-9-20(26)27/h10-13,17-19,21-22,25,28H,4-9,14H2,1-3H3,(H,26,27). The Hall–Kier alpha value is -1.10. The van der Waals surface area contributed by atoms with E-state index in [4.69, 9.17) is 16.7 Å². The molecule has 0 bridgehead atoms. The Balaban J connectivity index is 1.98. The predicted octanol–water partition coefficient (Wildman–Crippen LogP) is 5.26. The van der Waals surface area contributed by atoms with Crippen LogP contribution in [0.1, 0.15) is 88.9 Å². The van der Waals surface area contributed by atoms with Gasteiger partial charge in [-0.05, 0) is 41.7 Å². The molecule has 0 saturated heterocycles. The highest BCUT2D eigenvalue weighted by atomic mass is 35.5. The van der Waals surface area contributed by atoms with Crippen LogP contribution in [0.5, 0.6) is 0 Å². The number of benzene rings is 1. The first kappa shape index (κ1) is 23.2. The van der Waals surface area contributed by atoms with Gasteiger partial charge in [0.05, 0.1) is 12.2 Å². The van der Waals surface area contributed by atoms with Gasteiger partial charge in [-0.1, -0.05) is 64.3 Å². The van der Waals surface area contributed by atoms with Gasteiger partial charge in [-0.15, -0.1) is 11.6 Å². The molecule has 1 saturated carbocycles. The van der Waals surface area contributed by atoms with E-state index >= 15 is 0 Å². The summed E-state index contributed by atoms with van der Waals surface area (Å²) in [4.78, 5) is 10.6. The second-order valence-corrected chi connectivity index (χ2v) is 9.85. The molecule has 2 rings (SSSR count). The quantitative estimate of drug-likeness (QED) is 0.383. The van der Waals surface area contributed by atoms with Crippen LogP contribution in [0.3, 0.4) is 0 Å². The van der Waals surface area contributed by atoms with Crippen LogP contribution < -0.4 is 0 Å². The van der Waals surface area contributed by atoms with Crippen LogP contribution in [-0.2, 0) is 4.79 Å². The Morgan fingerprint density at radius 1 is 1.14 bits per heavy atom. The van der Waals surface area contributed by atoms with E-state index in [-0.39, 0.29) is 29.0 Å². The lowest BCUT2D eigenvalue weighted by atomic mass is 9.81. The zero-order valence-corrected chi connectivity index (χ0v) is 18.0. The molecule has 3 N–H and O–H groups in total. The van der Waals surface area contributed by atoms with Crippen LogP contribution in [0.2, 0.25) is 0 Å². The fourth-order valence-corrected chi connectivity index (χ4v) is 4.77. The second kappa shape index (κ2) is 10.1. The number of unbranched alkanes of at least 4 members (excludes halogenated alkanes) is 3. The highest BCUT2D eigenvalue weighted by Gasteiger charge is 2.41. The Morgan fingerprint density at radius 3 is 2.32 bits per heavy atom. The molecule has 0 spiro atoms. The van der Waals surface area contributed by atoms with Gasteiger partial charge < -0.3 is 15.3 Å². The molecule has 0 aliphatic heterocycles. The van der Waals surface area contributed by atoms with E-state index in [1.807, 2.05) is 45.0 Å². The molecule has 0 heterocycles. The first-order chi connectivity index (χ1) is 13.1. The maximum absolute atomic E-state index is 10.6. The zero-order chi connectivity index (χ0) is 20.9. The van der Waals surface area contributed by atoms with Crippen molar-refractivity contribution in [3.63, 3.8) is 0 Å². The van der Waals surface area contributed by atoms with E-state index in [0.717, 1.165) is 36.8 Å². The number of hydrogen-bond acceptors (Lipinski definition) is 3. The minimum absolute atomic E-state index is 0.0161. The minimum atomic E-state index is -0.736. The predicted molar refractivity (Wildman–Crippen MR) is 113 cm³/mol. The number of hydrogen-bond donors (Lipinski definition) is 3. The molecule has 0 aromatic heterocycles. The number of carbonyl (C=O) groups is 1. The number of aliphatic hydroxyl groups is 2. The number of rotatable bonds is 9. The molecule has 5 heteroatoms. The molecule has 5 unspecified atom stereocenters. The molecule has 28 heavy (non-hydrogen) atoms. The first-order valence-electron chi connectivity index (χ1n) is 10.4. The molecule has 5 atom stereocenters. The lowest BCUT2D eigenvalue weighted by molar-refractivity contribution is -0.137. The maximum Gasteiger partial charge on any atom is 0.303 e. The van der Waals surface area contributed by atoms with Gasteiger partial charge in [0.2, 0.25) is 0 Å². The molecular formula is C23H35ClO4. The van der Waals surface area contributed by atoms with E-state index in [9.17, 15) is 15.0 Å². The number of carboxylic acids is 1. The molecule has 158 valence electrons. The second-order valence-electron chi connectivity index (χ2n) is 9.29. The molecule has 1 aliphatic carbocycles. The lowest BCUT2D eigenvalue weighted by Gasteiger charge is -2.27. The van der Waals surface area contributed by atoms with E-state index in [0.29, 0.717) is 12.8 Å². The molecule has 4 nitrogen and oxygen atoms in total. The monoisotopic (exact) mass is 410 g/mol. The molecule has 1 aliphatic rings. The van der Waals surface area contributed by atoms with Crippen LogP contribution >= 0.6 is 11.6 Å². The van der Waals surface area contributed by atoms with E-state index in [1.165, 1.54) is 0 Å². The summed E-state index contributed by atoms with van der Waals surface area (Å²) in [6.07, 6.45) is 4.42. The summed E-state index contributed by atoms with van der Waals surface area (Å²) in [7, 11) is 0. The summed E-state index contributed by atoms with van der Waals surface area (Å²) in [5.74, 6) is -0.503. The van der Waals surface area contributed by atoms with Crippen molar-refractivity contribution in [2.45, 2.75) is 89.2 Å². The number of alkyl halides is 1. The third-order valence-electron chi connectivity index (χ3n) is 5.94. The van der Waals surface area contributed by atoms with Gasteiger partial charge in [0.1, 0.15) is 0 Å². The van der Waals surface area contributed by atoms with Crippen LogP contribution in [0.25, 0.3) is 0 Å². The molecule has 1 aromatic carbocycles. The summed E-state index contributed by atoms with van der Waals surface area (Å²) >= 11 is 6.56. The Labute approximate surface area is 173 Å². The van der Waals surface area contributed by atoms with Crippen LogP contribution in [0, 0.1) is 11.3 Å². The summed E-state index contributed by atoms with van der Waals surface area (Å²) in [6.45, 7) is 6.03. The summed E-state index contributed by atoms with van der Waals surface area (Å²) in [5, 5.41) is 29.7. The van der Waals surface area contributed by atoms with Crippen molar-refractivity contribution in [2.75, 3.05) is 0 Å². The van der Waals surface area contributed by atoms with E-state index in [1.54, 1.807) is 0 Å². The van der Waals surface area contributed by atoms with Gasteiger partial charge in [-0.3, -0.25) is 4.79 Å². The van der Waals surface area contributed by atoms with Crippen molar-refractivity contribution in [3.8, 4) is 0 Å². The lowest BCUT2D eigenvalue weighted by Crippen LogP contribution is -2.20. The first-order valence-corrected chi connectivity index (χ1v) is 10.9. The highest BCUT2D eigenvalue weighted by molar-refractivity contribution is 6.21. The molecule has 1 aromatic rings. The highest BCUT2D eigenvalue weighted by Crippen LogP contribution is 2.45. The fourth-order valence-electron chi connectivity index (χ4n) is 4.30. The third-order valence-corrected chi connectivity index (χ3v) is 6.44. The van der Waals surface area contributed by atoms with E-state index < -0.39 is 18.2 Å². The Bertz CT molecular complexity index is 622. The topological polar surface area (TPSA) is 77.8 Å². The fraction of sp³-hybridized carbons (Fsp3) is 0.696. The van der Waals surface area contributed by atoms with Gasteiger partial charge in [0.15, 0.2) is 0 Å². The minimum Gasteiger partial charge on any atom is -0.481 e. The summed E-state index contributed by atoms with van der Waals surface area (Å²) in [5.41, 5.74) is 1.75. The van der Waals surface area contributed by atoms with Crippen LogP contribution in [-0.4, -0.2) is 32.8 Å². The molecule has 0 amide bonds. The maximum atomic E-state index is 10.6. The molecular weight excluding hydrogens is 376 g/mol.